The van der Waals surface area contributed by atoms with Gasteiger partial charge in [0.05, 0.1) is 38.1 Å². The van der Waals surface area contributed by atoms with E-state index < -0.39 is 18.5 Å². The number of pyridine rings is 1. The molecule has 3 saturated heterocycles. The molecule has 3 aromatic rings. The molecule has 0 bridgehead atoms. The van der Waals surface area contributed by atoms with Gasteiger partial charge in [-0.15, -0.1) is 0 Å². The van der Waals surface area contributed by atoms with E-state index in [9.17, 15) is 9.59 Å². The van der Waals surface area contributed by atoms with E-state index in [1.807, 2.05) is 34.9 Å². The molecular weight excluding hydrogens is 659 g/mol. The Morgan fingerprint density at radius 1 is 0.961 bits per heavy atom. The van der Waals surface area contributed by atoms with Gasteiger partial charge >= 0.3 is 0 Å². The molecule has 0 aliphatic carbocycles. The number of piperazine rings is 1. The highest BCUT2D eigenvalue weighted by Gasteiger charge is 2.48. The summed E-state index contributed by atoms with van der Waals surface area (Å²) < 4.78 is 60.2. The van der Waals surface area contributed by atoms with Gasteiger partial charge in [0.1, 0.15) is 17.3 Å². The van der Waals surface area contributed by atoms with E-state index in [0.717, 1.165) is 28.7 Å². The van der Waals surface area contributed by atoms with Gasteiger partial charge < -0.3 is 24.3 Å². The number of likely N-dealkylation sites (tertiary alicyclic amines) is 1. The lowest BCUT2D eigenvalue weighted by Crippen LogP contribution is -2.61. The number of carbonyl (C=O) groups excluding carboxylic acids is 1. The minimum Gasteiger partial charge on any atom is -0.496 e. The molecule has 1 N–H and O–H groups in total. The minimum atomic E-state index is -2.96. The van der Waals surface area contributed by atoms with E-state index in [-0.39, 0.29) is 36.2 Å². The zero-order valence-corrected chi connectivity index (χ0v) is 30.2. The second-order valence-corrected chi connectivity index (χ2v) is 14.2. The number of hydrogen-bond donors (Lipinski definition) is 1. The molecule has 51 heavy (non-hydrogen) atoms. The average Bonchev–Trinajstić information content (AvgIpc) is 3.10. The van der Waals surface area contributed by atoms with Gasteiger partial charge in [-0.1, -0.05) is 12.6 Å². The number of alkyl halides is 2. The van der Waals surface area contributed by atoms with Crippen molar-refractivity contribution in [3.8, 4) is 22.6 Å². The molecule has 2 atom stereocenters. The number of piperidine rings is 2. The summed E-state index contributed by atoms with van der Waals surface area (Å²) >= 11 is 0. The van der Waals surface area contributed by atoms with Gasteiger partial charge in [-0.05, 0) is 80.5 Å². The van der Waals surface area contributed by atoms with Crippen LogP contribution in [-0.4, -0.2) is 85.7 Å². The first kappa shape index (κ1) is 36.5. The number of amides is 1. The zero-order valence-electron chi connectivity index (χ0n) is 30.2. The van der Waals surface area contributed by atoms with Crippen LogP contribution in [0.25, 0.3) is 11.1 Å². The monoisotopic (exact) mass is 707 g/mol. The number of rotatable bonds is 9. The molecule has 0 saturated carbocycles. The number of anilines is 1. The fourth-order valence-corrected chi connectivity index (χ4v) is 7.88. The van der Waals surface area contributed by atoms with Gasteiger partial charge in [-0.3, -0.25) is 19.4 Å². The Bertz CT molecular complexity index is 1840. The first-order chi connectivity index (χ1) is 24.3. The maximum Gasteiger partial charge on any atom is 0.275 e. The lowest BCUT2D eigenvalue weighted by atomic mass is 9.90. The first-order valence-corrected chi connectivity index (χ1v) is 17.6. The van der Waals surface area contributed by atoms with E-state index in [0.29, 0.717) is 79.6 Å². The van der Waals surface area contributed by atoms with Crippen molar-refractivity contribution < 1.29 is 27.4 Å². The quantitative estimate of drug-likeness (QED) is 0.318. The standard InChI is InChI=1S/C39H48F3N5O4/c1-24-7-9-28(37(48)43-24)17-27-8-10-33(32(40)18-27)46-13-15-47(16-14-46)36-11-12-45(23-39(36,41)42)22-31-34(50-5)19-29(20-35(31)51-6)30-21-44(4)38(49)26(3)25(30)2/h8,10,18-21,28,36H,1,7,9,11-17,22-23H2,2-6H3,(H,43,48)/t28-,36-/m0/s1. The van der Waals surface area contributed by atoms with E-state index >= 15 is 13.2 Å². The first-order valence-electron chi connectivity index (χ1n) is 17.6. The molecule has 2 aromatic carbocycles. The lowest BCUT2D eigenvalue weighted by Gasteiger charge is -2.46. The summed E-state index contributed by atoms with van der Waals surface area (Å²) in [6.07, 6.45) is 3.94. The van der Waals surface area contributed by atoms with Crippen molar-refractivity contribution >= 4 is 11.6 Å². The molecule has 1 aromatic heterocycles. The van der Waals surface area contributed by atoms with E-state index in [1.54, 1.807) is 49.9 Å². The predicted octanol–water partition coefficient (Wildman–Crippen LogP) is 5.44. The largest absolute Gasteiger partial charge is 0.496 e. The van der Waals surface area contributed by atoms with Crippen molar-refractivity contribution in [1.82, 2.24) is 19.7 Å². The highest BCUT2D eigenvalue weighted by atomic mass is 19.3. The summed E-state index contributed by atoms with van der Waals surface area (Å²) in [6, 6.07) is 7.92. The van der Waals surface area contributed by atoms with Gasteiger partial charge in [0, 0.05) is 75.3 Å². The van der Waals surface area contributed by atoms with Crippen LogP contribution in [0.2, 0.25) is 0 Å². The minimum absolute atomic E-state index is 0.0621. The van der Waals surface area contributed by atoms with Crippen molar-refractivity contribution in [2.75, 3.05) is 58.4 Å². The van der Waals surface area contributed by atoms with Crippen LogP contribution in [0.3, 0.4) is 0 Å². The number of hydrogen-bond acceptors (Lipinski definition) is 7. The number of halogens is 3. The molecule has 0 spiro atoms. The fourth-order valence-electron chi connectivity index (χ4n) is 7.88. The summed E-state index contributed by atoms with van der Waals surface area (Å²) in [5.74, 6) is -2.56. The van der Waals surface area contributed by atoms with Crippen molar-refractivity contribution in [3.05, 3.63) is 87.2 Å². The highest BCUT2D eigenvalue weighted by molar-refractivity contribution is 5.81. The van der Waals surface area contributed by atoms with Crippen molar-refractivity contribution in [1.29, 1.82) is 0 Å². The highest BCUT2D eigenvalue weighted by Crippen LogP contribution is 2.39. The van der Waals surface area contributed by atoms with Crippen LogP contribution in [-0.2, 0) is 24.8 Å². The molecular formula is C39H48F3N5O4. The van der Waals surface area contributed by atoms with Gasteiger partial charge in [-0.25, -0.2) is 13.2 Å². The van der Waals surface area contributed by atoms with E-state index in [1.165, 1.54) is 6.07 Å². The molecule has 9 nitrogen and oxygen atoms in total. The number of aryl methyl sites for hydroxylation is 1. The molecule has 3 aliphatic rings. The number of aromatic nitrogens is 1. The molecule has 3 aliphatic heterocycles. The molecule has 1 amide bonds. The van der Waals surface area contributed by atoms with Gasteiger partial charge in [0.25, 0.3) is 11.5 Å². The average molecular weight is 708 g/mol. The number of ether oxygens (including phenoxy) is 2. The van der Waals surface area contributed by atoms with Crippen LogP contribution in [0, 0.1) is 25.6 Å². The molecule has 4 heterocycles. The van der Waals surface area contributed by atoms with Crippen molar-refractivity contribution in [3.63, 3.8) is 0 Å². The normalized spacial score (nSPS) is 21.5. The Kier molecular flexibility index (Phi) is 10.6. The number of nitrogens with zero attached hydrogens (tertiary/aromatic N) is 4. The van der Waals surface area contributed by atoms with Crippen LogP contribution in [0.4, 0.5) is 18.9 Å². The maximum absolute atomic E-state index is 15.9. The summed E-state index contributed by atoms with van der Waals surface area (Å²) in [5, 5.41) is 2.78. The maximum atomic E-state index is 15.9. The van der Waals surface area contributed by atoms with Crippen molar-refractivity contribution in [2.45, 2.75) is 58.0 Å². The summed E-state index contributed by atoms with van der Waals surface area (Å²) in [7, 11) is 4.82. The molecule has 6 rings (SSSR count). The Morgan fingerprint density at radius 2 is 1.65 bits per heavy atom. The summed E-state index contributed by atoms with van der Waals surface area (Å²) in [5.41, 5.74) is 5.74. The Balaban J connectivity index is 1.09. The number of benzene rings is 2. The predicted molar refractivity (Wildman–Crippen MR) is 192 cm³/mol. The van der Waals surface area contributed by atoms with Crippen LogP contribution in [0.1, 0.15) is 41.5 Å². The van der Waals surface area contributed by atoms with E-state index in [2.05, 4.69) is 11.9 Å². The van der Waals surface area contributed by atoms with Crippen molar-refractivity contribution in [2.24, 2.45) is 13.0 Å². The van der Waals surface area contributed by atoms with Gasteiger partial charge in [-0.2, -0.15) is 0 Å². The molecule has 3 fully saturated rings. The summed E-state index contributed by atoms with van der Waals surface area (Å²) in [4.78, 5) is 30.3. The SMILES string of the molecule is C=C1CC[C@@H](Cc2ccc(N3CCN([C@H]4CCN(Cc5c(OC)cc(-c6cn(C)c(=O)c(C)c6C)cc5OC)CC4(F)F)CC3)c(F)c2)C(=O)N1. The van der Waals surface area contributed by atoms with Gasteiger partial charge in [0.2, 0.25) is 5.91 Å². The zero-order chi connectivity index (χ0) is 36.6. The smallest absolute Gasteiger partial charge is 0.275 e. The van der Waals surface area contributed by atoms with Gasteiger partial charge in [0.15, 0.2) is 0 Å². The molecule has 0 radical (unpaired) electrons. The Hall–Kier alpha value is -4.29. The summed E-state index contributed by atoms with van der Waals surface area (Å²) in [6.45, 7) is 9.49. The van der Waals surface area contributed by atoms with Crippen LogP contribution in [0.15, 0.2) is 53.6 Å². The van der Waals surface area contributed by atoms with E-state index in [4.69, 9.17) is 9.47 Å². The third-order valence-corrected chi connectivity index (χ3v) is 10.9. The third kappa shape index (κ3) is 7.53. The van der Waals surface area contributed by atoms with Crippen LogP contribution in [0.5, 0.6) is 11.5 Å². The second kappa shape index (κ2) is 14.7. The fraction of sp³-hybridized carbons (Fsp3) is 0.487. The molecule has 274 valence electrons. The molecule has 12 heteroatoms. The lowest BCUT2D eigenvalue weighted by molar-refractivity contribution is -0.129. The molecule has 0 unspecified atom stereocenters. The third-order valence-electron chi connectivity index (χ3n) is 10.9. The number of nitrogens with one attached hydrogen (secondary N) is 1. The Morgan fingerprint density at radius 3 is 2.25 bits per heavy atom. The van der Waals surface area contributed by atoms with Crippen LogP contribution < -0.4 is 25.2 Å². The number of allylic oxidation sites excluding steroid dienone is 1. The Labute approximate surface area is 297 Å². The number of methoxy groups -OCH3 is 2. The van der Waals surface area contributed by atoms with Crippen LogP contribution >= 0.6 is 0 Å². The number of carbonyl (C=O) groups is 1. The second-order valence-electron chi connectivity index (χ2n) is 14.2. The topological polar surface area (TPSA) is 79.3 Å².